The van der Waals surface area contributed by atoms with Crippen molar-refractivity contribution in [2.75, 3.05) is 13.1 Å². The van der Waals surface area contributed by atoms with Gasteiger partial charge in [-0.05, 0) is 30.4 Å². The molecule has 1 heterocycles. The number of amides is 3. The molecule has 3 rings (SSSR count). The largest absolute Gasteiger partial charge is 0.356 e. The number of hydrogen-bond donors (Lipinski definition) is 2. The molecule has 2 aromatic rings. The maximum atomic E-state index is 13.0. The first kappa shape index (κ1) is 19.0. The minimum Gasteiger partial charge on any atom is -0.356 e. The fourth-order valence-corrected chi connectivity index (χ4v) is 3.42. The van der Waals surface area contributed by atoms with E-state index < -0.39 is 0 Å². The number of nitrogens with zero attached hydrogens (tertiary/aromatic N) is 1. The Labute approximate surface area is 160 Å². The van der Waals surface area contributed by atoms with Gasteiger partial charge < -0.3 is 15.5 Å². The molecular weight excluding hydrogens is 338 g/mol. The second-order valence-corrected chi connectivity index (χ2v) is 6.88. The summed E-state index contributed by atoms with van der Waals surface area (Å²) in [5, 5.41) is 5.99. The van der Waals surface area contributed by atoms with Crippen molar-refractivity contribution in [3.05, 3.63) is 71.8 Å². The highest BCUT2D eigenvalue weighted by Crippen LogP contribution is 2.26. The number of carbonyl (C=O) groups is 2. The van der Waals surface area contributed by atoms with E-state index in [2.05, 4.69) is 10.6 Å². The topological polar surface area (TPSA) is 61.4 Å². The third kappa shape index (κ3) is 5.58. The van der Waals surface area contributed by atoms with Crippen LogP contribution < -0.4 is 10.6 Å². The van der Waals surface area contributed by atoms with Crippen molar-refractivity contribution >= 4 is 11.9 Å². The molecule has 0 spiro atoms. The van der Waals surface area contributed by atoms with Crippen LogP contribution in [-0.2, 0) is 11.3 Å². The molecule has 2 aromatic carbocycles. The summed E-state index contributed by atoms with van der Waals surface area (Å²) in [6.07, 6.45) is 3.15. The van der Waals surface area contributed by atoms with Crippen molar-refractivity contribution in [1.29, 1.82) is 0 Å². The van der Waals surface area contributed by atoms with Crippen molar-refractivity contribution < 1.29 is 9.59 Å². The Bertz CT molecular complexity index is 734. The van der Waals surface area contributed by atoms with Crippen LogP contribution in [0.25, 0.3) is 0 Å². The van der Waals surface area contributed by atoms with Crippen LogP contribution in [-0.4, -0.2) is 29.9 Å². The molecule has 0 aromatic heterocycles. The van der Waals surface area contributed by atoms with Crippen LogP contribution in [0.15, 0.2) is 60.7 Å². The second kappa shape index (κ2) is 9.76. The molecule has 0 aliphatic carbocycles. The summed E-state index contributed by atoms with van der Waals surface area (Å²) in [6.45, 7) is 1.83. The van der Waals surface area contributed by atoms with Crippen LogP contribution in [0.1, 0.15) is 42.9 Å². The predicted octanol–water partition coefficient (Wildman–Crippen LogP) is 3.63. The molecule has 1 aliphatic heterocycles. The highest BCUT2D eigenvalue weighted by Gasteiger charge is 2.27. The summed E-state index contributed by atoms with van der Waals surface area (Å²) in [5.41, 5.74) is 2.05. The van der Waals surface area contributed by atoms with E-state index in [0.29, 0.717) is 19.6 Å². The molecule has 0 radical (unpaired) electrons. The number of urea groups is 1. The number of rotatable bonds is 3. The molecule has 27 heavy (non-hydrogen) atoms. The third-order valence-electron chi connectivity index (χ3n) is 4.88. The predicted molar refractivity (Wildman–Crippen MR) is 106 cm³/mol. The zero-order chi connectivity index (χ0) is 18.9. The molecule has 142 valence electrons. The third-order valence-corrected chi connectivity index (χ3v) is 4.88. The van der Waals surface area contributed by atoms with Gasteiger partial charge in [-0.1, -0.05) is 60.7 Å². The average molecular weight is 365 g/mol. The summed E-state index contributed by atoms with van der Waals surface area (Å²) in [5.74, 6) is -0.00777. The van der Waals surface area contributed by atoms with Gasteiger partial charge in [0.05, 0.1) is 12.5 Å². The summed E-state index contributed by atoms with van der Waals surface area (Å²) < 4.78 is 0. The van der Waals surface area contributed by atoms with Gasteiger partial charge in [0.2, 0.25) is 5.91 Å². The van der Waals surface area contributed by atoms with E-state index in [-0.39, 0.29) is 24.4 Å². The minimum absolute atomic E-state index is 0.00777. The molecule has 1 aliphatic rings. The van der Waals surface area contributed by atoms with E-state index in [1.165, 1.54) is 0 Å². The molecule has 1 atom stereocenters. The van der Waals surface area contributed by atoms with Gasteiger partial charge in [-0.2, -0.15) is 0 Å². The van der Waals surface area contributed by atoms with Gasteiger partial charge >= 0.3 is 6.03 Å². The Morgan fingerprint density at radius 3 is 2.44 bits per heavy atom. The number of nitrogens with one attached hydrogen (secondary N) is 2. The van der Waals surface area contributed by atoms with Crippen molar-refractivity contribution in [1.82, 2.24) is 15.5 Å². The number of carbonyl (C=O) groups excluding carboxylic acids is 2. The van der Waals surface area contributed by atoms with Gasteiger partial charge in [-0.3, -0.25) is 4.79 Å². The smallest absolute Gasteiger partial charge is 0.318 e. The van der Waals surface area contributed by atoms with Crippen molar-refractivity contribution in [3.63, 3.8) is 0 Å². The van der Waals surface area contributed by atoms with Gasteiger partial charge in [-0.15, -0.1) is 0 Å². The fraction of sp³-hybridized carbons (Fsp3) is 0.364. The second-order valence-electron chi connectivity index (χ2n) is 6.88. The van der Waals surface area contributed by atoms with Crippen LogP contribution in [0.3, 0.4) is 0 Å². The summed E-state index contributed by atoms with van der Waals surface area (Å²) in [4.78, 5) is 27.2. The average Bonchev–Trinajstić information content (AvgIpc) is 2.72. The summed E-state index contributed by atoms with van der Waals surface area (Å²) >= 11 is 0. The van der Waals surface area contributed by atoms with Gasteiger partial charge in [0.15, 0.2) is 0 Å². The molecular formula is C22H27N3O2. The molecule has 5 heteroatoms. The van der Waals surface area contributed by atoms with Gasteiger partial charge in [-0.25, -0.2) is 4.79 Å². The van der Waals surface area contributed by atoms with Crippen molar-refractivity contribution in [2.24, 2.45) is 0 Å². The lowest BCUT2D eigenvalue weighted by Crippen LogP contribution is -2.44. The quantitative estimate of drug-likeness (QED) is 0.872. The summed E-state index contributed by atoms with van der Waals surface area (Å²) in [7, 11) is 0. The zero-order valence-electron chi connectivity index (χ0n) is 15.6. The lowest BCUT2D eigenvalue weighted by molar-refractivity contribution is -0.122. The van der Waals surface area contributed by atoms with E-state index in [4.69, 9.17) is 0 Å². The molecule has 3 amide bonds. The zero-order valence-corrected chi connectivity index (χ0v) is 15.6. The lowest BCUT2D eigenvalue weighted by Gasteiger charge is -2.33. The highest BCUT2D eigenvalue weighted by atomic mass is 16.2. The van der Waals surface area contributed by atoms with Gasteiger partial charge in [0, 0.05) is 19.6 Å². The Morgan fingerprint density at radius 1 is 1.00 bits per heavy atom. The van der Waals surface area contributed by atoms with E-state index >= 15 is 0 Å². The van der Waals surface area contributed by atoms with Crippen molar-refractivity contribution in [3.8, 4) is 0 Å². The van der Waals surface area contributed by atoms with Crippen LogP contribution >= 0.6 is 0 Å². The van der Waals surface area contributed by atoms with E-state index in [1.54, 1.807) is 0 Å². The maximum Gasteiger partial charge on any atom is 0.318 e. The van der Waals surface area contributed by atoms with Crippen LogP contribution in [0.2, 0.25) is 0 Å². The molecule has 1 unspecified atom stereocenters. The normalized spacial score (nSPS) is 18.4. The fourth-order valence-electron chi connectivity index (χ4n) is 3.42. The van der Waals surface area contributed by atoms with Crippen LogP contribution in [0, 0.1) is 0 Å². The molecule has 1 fully saturated rings. The lowest BCUT2D eigenvalue weighted by atomic mass is 10.0. The first-order valence-corrected chi connectivity index (χ1v) is 9.64. The number of benzene rings is 2. The summed E-state index contributed by atoms with van der Waals surface area (Å²) in [6, 6.07) is 19.3. The maximum absolute atomic E-state index is 13.0. The molecule has 5 nitrogen and oxygen atoms in total. The molecule has 0 saturated carbocycles. The van der Waals surface area contributed by atoms with E-state index in [0.717, 1.165) is 30.4 Å². The first-order chi connectivity index (χ1) is 13.2. The SMILES string of the molecule is O=C1CC(c2ccccc2)N(C(=O)NCc2ccccc2)CCCCCN1. The van der Waals surface area contributed by atoms with E-state index in [1.807, 2.05) is 65.6 Å². The highest BCUT2D eigenvalue weighted by molar-refractivity contribution is 5.79. The van der Waals surface area contributed by atoms with Gasteiger partial charge in [0.25, 0.3) is 0 Å². The molecule has 1 saturated heterocycles. The monoisotopic (exact) mass is 365 g/mol. The Balaban J connectivity index is 1.78. The Kier molecular flexibility index (Phi) is 6.85. The minimum atomic E-state index is -0.264. The Morgan fingerprint density at radius 2 is 1.70 bits per heavy atom. The standard InChI is InChI=1S/C22H27N3O2/c26-21-16-20(19-12-6-2-7-13-19)25(15-9-3-8-14-23-21)22(27)24-17-18-10-4-1-5-11-18/h1-2,4-7,10-13,20H,3,8-9,14-17H2,(H,23,26)(H,24,27). The first-order valence-electron chi connectivity index (χ1n) is 9.64. The van der Waals surface area contributed by atoms with Crippen molar-refractivity contribution in [2.45, 2.75) is 38.3 Å². The number of hydrogen-bond acceptors (Lipinski definition) is 2. The Hall–Kier alpha value is -2.82. The van der Waals surface area contributed by atoms with Gasteiger partial charge in [0.1, 0.15) is 0 Å². The van der Waals surface area contributed by atoms with Crippen LogP contribution in [0.4, 0.5) is 4.79 Å². The molecule has 0 bridgehead atoms. The molecule has 2 N–H and O–H groups in total. The van der Waals surface area contributed by atoms with E-state index in [9.17, 15) is 9.59 Å². The van der Waals surface area contributed by atoms with Crippen LogP contribution in [0.5, 0.6) is 0 Å².